The number of aryl methyl sites for hydroxylation is 1. The number of aromatic nitrogens is 5. The molecule has 1 N–H and O–H groups in total. The number of nitrogens with zero attached hydrogens (tertiary/aromatic N) is 5. The van der Waals surface area contributed by atoms with Gasteiger partial charge < -0.3 is 14.3 Å². The van der Waals surface area contributed by atoms with E-state index in [9.17, 15) is 4.79 Å². The van der Waals surface area contributed by atoms with Crippen molar-refractivity contribution in [3.63, 3.8) is 0 Å². The van der Waals surface area contributed by atoms with Crippen molar-refractivity contribution in [2.45, 2.75) is 37.6 Å². The molecule has 36 heavy (non-hydrogen) atoms. The number of H-pyrrole nitrogens is 1. The van der Waals surface area contributed by atoms with E-state index in [0.29, 0.717) is 23.9 Å². The van der Waals surface area contributed by atoms with E-state index in [4.69, 9.17) is 14.4 Å². The molecule has 1 amide bonds. The van der Waals surface area contributed by atoms with Gasteiger partial charge in [0, 0.05) is 35.9 Å². The van der Waals surface area contributed by atoms with Crippen molar-refractivity contribution >= 4 is 16.7 Å². The molecule has 0 radical (unpaired) electrons. The lowest BCUT2D eigenvalue weighted by Crippen LogP contribution is -2.36. The van der Waals surface area contributed by atoms with Crippen LogP contribution in [-0.2, 0) is 6.42 Å². The standard InChI is InChI=1S/C28H24N6O2/c35-28(26-23(17-10-11-17)33-27(36-26)21-8-3-4-12-29-21)34-13-5-9-20-24(32-16-31-20)25(34)22-14-18-6-1-2-7-19(18)15-30-22/h1-4,6-8,12,14-17,25H,5,9-11,13H2,(H,31,32). The Labute approximate surface area is 207 Å². The quantitative estimate of drug-likeness (QED) is 0.389. The smallest absolute Gasteiger partial charge is 0.292 e. The molecule has 0 bridgehead atoms. The van der Waals surface area contributed by atoms with Crippen LogP contribution in [0.4, 0.5) is 0 Å². The van der Waals surface area contributed by atoms with Crippen LogP contribution in [0.25, 0.3) is 22.4 Å². The first-order valence-corrected chi connectivity index (χ1v) is 12.4. The minimum Gasteiger partial charge on any atom is -0.429 e. The average molecular weight is 477 g/mol. The molecule has 1 unspecified atom stereocenters. The van der Waals surface area contributed by atoms with E-state index in [-0.39, 0.29) is 11.8 Å². The summed E-state index contributed by atoms with van der Waals surface area (Å²) >= 11 is 0. The number of carbonyl (C=O) groups excluding carboxylic acids is 1. The van der Waals surface area contributed by atoms with Gasteiger partial charge in [0.05, 0.1) is 23.4 Å². The summed E-state index contributed by atoms with van der Waals surface area (Å²) < 4.78 is 6.17. The molecular formula is C28H24N6O2. The van der Waals surface area contributed by atoms with E-state index < -0.39 is 6.04 Å². The van der Waals surface area contributed by atoms with Gasteiger partial charge in [-0.1, -0.05) is 30.3 Å². The van der Waals surface area contributed by atoms with Gasteiger partial charge in [-0.3, -0.25) is 14.8 Å². The van der Waals surface area contributed by atoms with Gasteiger partial charge in [0.1, 0.15) is 11.7 Å². The van der Waals surface area contributed by atoms with Crippen LogP contribution in [0.1, 0.15) is 64.6 Å². The zero-order chi connectivity index (χ0) is 24.1. The lowest BCUT2D eigenvalue weighted by atomic mass is 10.0. The highest BCUT2D eigenvalue weighted by Crippen LogP contribution is 2.43. The number of hydrogen-bond acceptors (Lipinski definition) is 6. The van der Waals surface area contributed by atoms with Crippen LogP contribution in [0.3, 0.4) is 0 Å². The zero-order valence-corrected chi connectivity index (χ0v) is 19.6. The summed E-state index contributed by atoms with van der Waals surface area (Å²) in [5.41, 5.74) is 4.02. The van der Waals surface area contributed by atoms with Crippen molar-refractivity contribution in [1.29, 1.82) is 0 Å². The third kappa shape index (κ3) is 3.57. The highest BCUT2D eigenvalue weighted by atomic mass is 16.4. The van der Waals surface area contributed by atoms with Gasteiger partial charge in [-0.15, -0.1) is 0 Å². The number of imidazole rings is 1. The Bertz CT molecular complexity index is 1570. The van der Waals surface area contributed by atoms with Crippen molar-refractivity contribution in [3.05, 3.63) is 95.8 Å². The fourth-order valence-electron chi connectivity index (χ4n) is 5.09. The minimum absolute atomic E-state index is 0.178. The minimum atomic E-state index is -0.429. The van der Waals surface area contributed by atoms with E-state index in [0.717, 1.165) is 59.2 Å². The summed E-state index contributed by atoms with van der Waals surface area (Å²) in [5.74, 6) is 0.761. The number of pyridine rings is 2. The largest absolute Gasteiger partial charge is 0.429 e. The fourth-order valence-corrected chi connectivity index (χ4v) is 5.09. The Morgan fingerprint density at radius 1 is 1.00 bits per heavy atom. The topological polar surface area (TPSA) is 101 Å². The first kappa shape index (κ1) is 21.0. The molecule has 8 nitrogen and oxygen atoms in total. The van der Waals surface area contributed by atoms with E-state index in [1.807, 2.05) is 47.5 Å². The van der Waals surface area contributed by atoms with E-state index in [1.54, 1.807) is 12.5 Å². The molecule has 0 spiro atoms. The SMILES string of the molecule is O=C(c1oc(-c2ccccn2)nc1C1CC1)N1CCCc2[nH]cnc2C1c1cc2ccccc2cn1. The summed E-state index contributed by atoms with van der Waals surface area (Å²) in [6.45, 7) is 0.561. The molecular weight excluding hydrogens is 452 g/mol. The monoisotopic (exact) mass is 476 g/mol. The number of benzene rings is 1. The molecule has 1 aliphatic heterocycles. The lowest BCUT2D eigenvalue weighted by Gasteiger charge is -2.29. The van der Waals surface area contributed by atoms with Gasteiger partial charge in [-0.05, 0) is 49.3 Å². The number of amides is 1. The van der Waals surface area contributed by atoms with Crippen molar-refractivity contribution in [2.75, 3.05) is 6.54 Å². The molecule has 8 heteroatoms. The fraction of sp³-hybridized carbons (Fsp3) is 0.250. The first-order chi connectivity index (χ1) is 17.8. The van der Waals surface area contributed by atoms with Crippen LogP contribution in [0.5, 0.6) is 0 Å². The van der Waals surface area contributed by atoms with Gasteiger partial charge in [-0.25, -0.2) is 9.97 Å². The van der Waals surface area contributed by atoms with Crippen LogP contribution in [0, 0.1) is 0 Å². The molecule has 1 aromatic carbocycles. The van der Waals surface area contributed by atoms with E-state index in [1.165, 1.54) is 0 Å². The molecule has 5 heterocycles. The second-order valence-corrected chi connectivity index (χ2v) is 9.45. The molecule has 178 valence electrons. The summed E-state index contributed by atoms with van der Waals surface area (Å²) in [7, 11) is 0. The van der Waals surface area contributed by atoms with E-state index >= 15 is 0 Å². The summed E-state index contributed by atoms with van der Waals surface area (Å²) in [5, 5.41) is 2.13. The number of oxazole rings is 1. The average Bonchev–Trinajstić information content (AvgIpc) is 3.56. The van der Waals surface area contributed by atoms with Crippen LogP contribution < -0.4 is 0 Å². The van der Waals surface area contributed by atoms with E-state index in [2.05, 4.69) is 27.1 Å². The zero-order valence-electron chi connectivity index (χ0n) is 19.6. The third-order valence-electron chi connectivity index (χ3n) is 7.04. The molecule has 2 aliphatic rings. The van der Waals surface area contributed by atoms with Crippen molar-refractivity contribution < 1.29 is 9.21 Å². The maximum Gasteiger partial charge on any atom is 0.292 e. The van der Waals surface area contributed by atoms with Gasteiger partial charge in [0.15, 0.2) is 0 Å². The summed E-state index contributed by atoms with van der Waals surface area (Å²) in [6.07, 6.45) is 8.91. The Kier molecular flexibility index (Phi) is 4.90. The third-order valence-corrected chi connectivity index (χ3v) is 7.04. The summed E-state index contributed by atoms with van der Waals surface area (Å²) in [6, 6.07) is 15.3. The number of fused-ring (bicyclic) bond motifs is 2. The molecule has 1 atom stereocenters. The molecule has 5 aromatic rings. The predicted molar refractivity (Wildman–Crippen MR) is 133 cm³/mol. The van der Waals surface area contributed by atoms with Gasteiger partial charge >= 0.3 is 0 Å². The van der Waals surface area contributed by atoms with Crippen LogP contribution in [0.15, 0.2) is 71.7 Å². The van der Waals surface area contributed by atoms with Crippen LogP contribution >= 0.6 is 0 Å². The Balaban J connectivity index is 1.35. The Morgan fingerprint density at radius 2 is 1.86 bits per heavy atom. The molecule has 4 aromatic heterocycles. The number of rotatable bonds is 4. The number of hydrogen-bond donors (Lipinski definition) is 1. The summed E-state index contributed by atoms with van der Waals surface area (Å²) in [4.78, 5) is 37.9. The second kappa shape index (κ2) is 8.41. The van der Waals surface area contributed by atoms with Crippen molar-refractivity contribution in [3.8, 4) is 11.6 Å². The second-order valence-electron chi connectivity index (χ2n) is 9.45. The van der Waals surface area contributed by atoms with Gasteiger partial charge in [0.25, 0.3) is 5.91 Å². The first-order valence-electron chi connectivity index (χ1n) is 12.4. The Hall–Kier alpha value is -4.33. The molecule has 1 saturated carbocycles. The highest BCUT2D eigenvalue weighted by molar-refractivity contribution is 5.94. The number of nitrogens with one attached hydrogen (secondary N) is 1. The number of carbonyl (C=O) groups is 1. The van der Waals surface area contributed by atoms with Gasteiger partial charge in [0.2, 0.25) is 11.7 Å². The predicted octanol–water partition coefficient (Wildman–Crippen LogP) is 5.06. The van der Waals surface area contributed by atoms with Crippen molar-refractivity contribution in [2.24, 2.45) is 0 Å². The van der Waals surface area contributed by atoms with Gasteiger partial charge in [-0.2, -0.15) is 0 Å². The van der Waals surface area contributed by atoms with Crippen LogP contribution in [0.2, 0.25) is 0 Å². The number of aromatic amines is 1. The Morgan fingerprint density at radius 3 is 2.69 bits per heavy atom. The molecule has 1 fully saturated rings. The maximum atomic E-state index is 14.2. The van der Waals surface area contributed by atoms with Crippen LogP contribution in [-0.4, -0.2) is 42.3 Å². The normalized spacial score (nSPS) is 17.7. The highest BCUT2D eigenvalue weighted by Gasteiger charge is 2.40. The molecule has 0 saturated heterocycles. The van der Waals surface area contributed by atoms with Crippen molar-refractivity contribution in [1.82, 2.24) is 29.8 Å². The maximum absolute atomic E-state index is 14.2. The molecule has 1 aliphatic carbocycles. The lowest BCUT2D eigenvalue weighted by molar-refractivity contribution is 0.0671. The molecule has 7 rings (SSSR count).